The first-order chi connectivity index (χ1) is 19.7. The third kappa shape index (κ3) is 11.3. The van der Waals surface area contributed by atoms with Crippen molar-refractivity contribution in [1.82, 2.24) is 0 Å². The molecule has 218 valence electrons. The van der Waals surface area contributed by atoms with E-state index in [1.165, 1.54) is 77.0 Å². The first kappa shape index (κ1) is 32.2. The normalized spacial score (nSPS) is 11.5. The Bertz CT molecular complexity index is 1000. The van der Waals surface area contributed by atoms with Crippen LogP contribution >= 0.6 is 7.94 Å². The molecule has 3 nitrogen and oxygen atoms in total. The van der Waals surface area contributed by atoms with Gasteiger partial charge in [0.2, 0.25) is 5.30 Å². The number of benzene rings is 3. The van der Waals surface area contributed by atoms with Gasteiger partial charge >= 0.3 is 7.94 Å². The lowest BCUT2D eigenvalue weighted by molar-refractivity contribution is 0.358. The average molecular weight is 564 g/mol. The molecule has 0 bridgehead atoms. The summed E-state index contributed by atoms with van der Waals surface area (Å²) in [5, 5.41) is 0.687. The predicted molar refractivity (Wildman–Crippen MR) is 173 cm³/mol. The second kappa shape index (κ2) is 18.9. The molecule has 4 heteroatoms. The molecule has 0 fully saturated rings. The Morgan fingerprint density at radius 2 is 0.850 bits per heavy atom. The summed E-state index contributed by atoms with van der Waals surface area (Å²) in [6, 6.07) is 25.9. The lowest BCUT2D eigenvalue weighted by atomic mass is 10.0. The summed E-state index contributed by atoms with van der Waals surface area (Å²) < 4.78 is 13.0. The van der Waals surface area contributed by atoms with Crippen molar-refractivity contribution < 1.29 is 13.9 Å². The van der Waals surface area contributed by atoms with Gasteiger partial charge in [-0.1, -0.05) is 145 Å². The second-order valence-electron chi connectivity index (χ2n) is 11.0. The number of para-hydroxylation sites is 2. The van der Waals surface area contributed by atoms with E-state index in [4.69, 9.17) is 9.05 Å². The number of unbranched alkanes of at least 4 members (excludes halogenated alkanes) is 12. The summed E-state index contributed by atoms with van der Waals surface area (Å²) in [4.78, 5) is 12.1. The maximum atomic E-state index is 12.1. The maximum absolute atomic E-state index is 12.1. The summed E-state index contributed by atoms with van der Waals surface area (Å²) in [6.45, 7) is 4.52. The van der Waals surface area contributed by atoms with E-state index < -0.39 is 7.94 Å². The third-order valence-corrected chi connectivity index (χ3v) is 9.41. The Balaban J connectivity index is 1.70. The van der Waals surface area contributed by atoms with E-state index >= 15 is 0 Å². The van der Waals surface area contributed by atoms with Crippen LogP contribution in [0, 0.1) is 0 Å². The fourth-order valence-electron chi connectivity index (χ4n) is 5.15. The van der Waals surface area contributed by atoms with Crippen LogP contribution in [0.1, 0.15) is 115 Å². The van der Waals surface area contributed by atoms with E-state index in [1.807, 2.05) is 54.6 Å². The zero-order valence-corrected chi connectivity index (χ0v) is 25.9. The molecule has 0 spiro atoms. The van der Waals surface area contributed by atoms with Crippen LogP contribution in [-0.2, 0) is 12.8 Å². The molecule has 0 aliphatic heterocycles. The monoisotopic (exact) mass is 563 g/mol. The van der Waals surface area contributed by atoms with E-state index in [2.05, 4.69) is 38.1 Å². The highest BCUT2D eigenvalue weighted by Crippen LogP contribution is 2.56. The quantitative estimate of drug-likeness (QED) is 0.103. The number of aryl methyl sites for hydroxylation is 2. The van der Waals surface area contributed by atoms with Crippen LogP contribution in [0.2, 0.25) is 0 Å². The molecule has 40 heavy (non-hydrogen) atoms. The van der Waals surface area contributed by atoms with E-state index in [0.29, 0.717) is 5.30 Å². The van der Waals surface area contributed by atoms with Crippen molar-refractivity contribution in [3.8, 4) is 11.5 Å². The molecule has 0 atom stereocenters. The van der Waals surface area contributed by atoms with Gasteiger partial charge in [-0.05, 0) is 61.1 Å². The largest absolute Gasteiger partial charge is 0.533 e. The summed E-state index contributed by atoms with van der Waals surface area (Å²) in [7, 11) is -3.43. The van der Waals surface area contributed by atoms with Crippen molar-refractivity contribution in [2.45, 2.75) is 117 Å². The van der Waals surface area contributed by atoms with Crippen LogP contribution in [0.5, 0.6) is 11.5 Å². The first-order valence-corrected chi connectivity index (χ1v) is 17.5. The molecule has 0 heterocycles. The Hall–Kier alpha value is -2.35. The van der Waals surface area contributed by atoms with Crippen molar-refractivity contribution in [2.24, 2.45) is 0 Å². The Morgan fingerprint density at radius 1 is 0.475 bits per heavy atom. The Labute approximate surface area is 244 Å². The molecule has 0 unspecified atom stereocenters. The van der Waals surface area contributed by atoms with Gasteiger partial charge < -0.3 is 0 Å². The summed E-state index contributed by atoms with van der Waals surface area (Å²) in [6.07, 6.45) is 19.7. The zero-order valence-electron chi connectivity index (χ0n) is 25.0. The Morgan fingerprint density at radius 3 is 1.30 bits per heavy atom. The molecule has 0 saturated carbocycles. The van der Waals surface area contributed by atoms with Crippen LogP contribution in [0.3, 0.4) is 0 Å². The van der Waals surface area contributed by atoms with E-state index in [9.17, 15) is 4.89 Å². The van der Waals surface area contributed by atoms with Gasteiger partial charge in [-0.25, -0.2) is 0 Å². The molecule has 0 amide bonds. The fraction of sp³-hybridized carbons (Fsp3) is 0.500. The molecule has 0 aromatic heterocycles. The van der Waals surface area contributed by atoms with Crippen molar-refractivity contribution in [1.29, 1.82) is 0 Å². The molecule has 3 aromatic rings. The number of hydrogen-bond acceptors (Lipinski definition) is 3. The van der Waals surface area contributed by atoms with Crippen LogP contribution < -0.4 is 14.4 Å². The van der Waals surface area contributed by atoms with Crippen LogP contribution in [-0.4, -0.2) is 4.89 Å². The SMILES string of the molecule is CCCCCCCCCc1ccccc1O[P+](O)(Oc1ccccc1CCCCCCCCC)c1ccccc1. The van der Waals surface area contributed by atoms with E-state index in [0.717, 1.165) is 48.3 Å². The summed E-state index contributed by atoms with van der Waals surface area (Å²) >= 11 is 0. The van der Waals surface area contributed by atoms with Gasteiger partial charge in [0.05, 0.1) is 0 Å². The smallest absolute Gasteiger partial charge is 0.273 e. The molecule has 3 rings (SSSR count). The van der Waals surface area contributed by atoms with Crippen molar-refractivity contribution in [3.05, 3.63) is 90.0 Å². The minimum Gasteiger partial charge on any atom is -0.273 e. The minimum absolute atomic E-state index is 0.687. The molecule has 0 radical (unpaired) electrons. The van der Waals surface area contributed by atoms with Gasteiger partial charge in [0.1, 0.15) is 0 Å². The van der Waals surface area contributed by atoms with Crippen LogP contribution in [0.25, 0.3) is 0 Å². The molecule has 3 aromatic carbocycles. The Kier molecular flexibility index (Phi) is 15.2. The number of hydrogen-bond donors (Lipinski definition) is 1. The molecular formula is C36H52O3P+. The lowest BCUT2D eigenvalue weighted by Gasteiger charge is -2.20. The topological polar surface area (TPSA) is 38.7 Å². The van der Waals surface area contributed by atoms with E-state index in [1.54, 1.807) is 0 Å². The van der Waals surface area contributed by atoms with Gasteiger partial charge in [0.15, 0.2) is 11.5 Å². The molecule has 1 N–H and O–H groups in total. The average Bonchev–Trinajstić information content (AvgIpc) is 2.98. The van der Waals surface area contributed by atoms with Crippen LogP contribution in [0.4, 0.5) is 0 Å². The zero-order chi connectivity index (χ0) is 28.3. The highest BCUT2D eigenvalue weighted by Gasteiger charge is 2.48. The van der Waals surface area contributed by atoms with Crippen molar-refractivity contribution in [3.63, 3.8) is 0 Å². The second-order valence-corrected chi connectivity index (χ2v) is 12.9. The summed E-state index contributed by atoms with van der Waals surface area (Å²) in [5.74, 6) is 1.44. The number of rotatable bonds is 21. The highest BCUT2D eigenvalue weighted by atomic mass is 31.2. The van der Waals surface area contributed by atoms with Gasteiger partial charge in [-0.3, -0.25) is 9.05 Å². The van der Waals surface area contributed by atoms with Gasteiger partial charge in [-0.2, -0.15) is 4.89 Å². The van der Waals surface area contributed by atoms with Gasteiger partial charge in [0, 0.05) is 0 Å². The maximum Gasteiger partial charge on any atom is 0.533 e. The highest BCUT2D eigenvalue weighted by molar-refractivity contribution is 7.69. The standard InChI is InChI=1S/C36H52O3P/c1-3-5-7-9-11-13-16-24-32-26-20-22-30-35(32)38-40(37,34-28-18-15-19-29-34)39-36-31-23-21-27-33(36)25-17-14-12-10-8-6-4-2/h15,18-23,26-31,37H,3-14,16-17,24-25H2,1-2H3/q+1. The molecule has 0 saturated heterocycles. The van der Waals surface area contributed by atoms with Gasteiger partial charge in [0.25, 0.3) is 0 Å². The molecule has 0 aliphatic carbocycles. The van der Waals surface area contributed by atoms with Gasteiger partial charge in [-0.15, -0.1) is 0 Å². The summed E-state index contributed by atoms with van der Waals surface area (Å²) in [5.41, 5.74) is 2.26. The third-order valence-electron chi connectivity index (χ3n) is 7.57. The molecular weight excluding hydrogens is 511 g/mol. The minimum atomic E-state index is -3.43. The van der Waals surface area contributed by atoms with Crippen molar-refractivity contribution >= 4 is 13.2 Å². The fourth-order valence-corrected chi connectivity index (χ4v) is 6.84. The first-order valence-electron chi connectivity index (χ1n) is 15.9. The van der Waals surface area contributed by atoms with Crippen LogP contribution in [0.15, 0.2) is 78.9 Å². The lowest BCUT2D eigenvalue weighted by Crippen LogP contribution is -2.21. The van der Waals surface area contributed by atoms with E-state index in [-0.39, 0.29) is 0 Å². The van der Waals surface area contributed by atoms with Crippen molar-refractivity contribution in [2.75, 3.05) is 0 Å². The predicted octanol–water partition coefficient (Wildman–Crippen LogP) is 10.8. The molecule has 0 aliphatic rings.